The second-order valence-electron chi connectivity index (χ2n) is 4.18. The zero-order valence-electron chi connectivity index (χ0n) is 9.98. The van der Waals surface area contributed by atoms with Crippen LogP contribution in [0, 0.1) is 17.1 Å². The van der Waals surface area contributed by atoms with Gasteiger partial charge in [-0.1, -0.05) is 37.6 Å². The fourth-order valence-electron chi connectivity index (χ4n) is 1.70. The zero-order valence-corrected chi connectivity index (χ0v) is 10.7. The van der Waals surface area contributed by atoms with Gasteiger partial charge in [-0.25, -0.2) is 9.07 Å². The Hall–Kier alpha value is -1.86. The molecule has 0 fully saturated rings. The van der Waals surface area contributed by atoms with E-state index in [9.17, 15) is 4.39 Å². The second-order valence-corrected chi connectivity index (χ2v) is 4.54. The Morgan fingerprint density at radius 3 is 2.56 bits per heavy atom. The molecule has 0 saturated heterocycles. The van der Waals surface area contributed by atoms with Gasteiger partial charge in [-0.2, -0.15) is 10.4 Å². The average Bonchev–Trinajstić information content (AvgIpc) is 2.67. The molecule has 0 amide bonds. The largest absolute Gasteiger partial charge is 0.218 e. The highest BCUT2D eigenvalue weighted by Gasteiger charge is 2.20. The van der Waals surface area contributed by atoms with Crippen LogP contribution in [-0.4, -0.2) is 9.78 Å². The summed E-state index contributed by atoms with van der Waals surface area (Å²) in [5.74, 6) is -0.383. The van der Waals surface area contributed by atoms with Crippen LogP contribution in [0.15, 0.2) is 24.3 Å². The Bertz CT molecular complexity index is 626. The lowest BCUT2D eigenvalue weighted by atomic mass is 10.1. The number of rotatable bonds is 2. The SMILES string of the molecule is CC(C)c1nn(-c2ccccc2F)c(Cl)c1C#N. The summed E-state index contributed by atoms with van der Waals surface area (Å²) in [6, 6.07) is 8.19. The molecule has 0 bridgehead atoms. The van der Waals surface area contributed by atoms with E-state index in [-0.39, 0.29) is 16.8 Å². The van der Waals surface area contributed by atoms with Crippen LogP contribution >= 0.6 is 11.6 Å². The van der Waals surface area contributed by atoms with Crippen molar-refractivity contribution in [1.29, 1.82) is 5.26 Å². The molecule has 0 aliphatic heterocycles. The third-order valence-corrected chi connectivity index (χ3v) is 2.94. The first-order valence-electron chi connectivity index (χ1n) is 5.49. The van der Waals surface area contributed by atoms with Gasteiger partial charge < -0.3 is 0 Å². The lowest BCUT2D eigenvalue weighted by Crippen LogP contribution is -2.00. The molecule has 5 heteroatoms. The number of nitrogens with zero attached hydrogens (tertiary/aromatic N) is 3. The number of para-hydroxylation sites is 1. The third-order valence-electron chi connectivity index (χ3n) is 2.60. The maximum atomic E-state index is 13.7. The van der Waals surface area contributed by atoms with Gasteiger partial charge in [-0.3, -0.25) is 0 Å². The Morgan fingerprint density at radius 2 is 2.06 bits per heavy atom. The summed E-state index contributed by atoms with van der Waals surface area (Å²) in [7, 11) is 0. The predicted octanol–water partition coefficient (Wildman–Crippen LogP) is 3.66. The minimum atomic E-state index is -0.429. The molecule has 0 saturated carbocycles. The fraction of sp³-hybridized carbons (Fsp3) is 0.231. The fourth-order valence-corrected chi connectivity index (χ4v) is 1.97. The topological polar surface area (TPSA) is 41.6 Å². The summed E-state index contributed by atoms with van der Waals surface area (Å²) in [6.45, 7) is 3.82. The maximum absolute atomic E-state index is 13.7. The van der Waals surface area contributed by atoms with Crippen molar-refractivity contribution in [3.8, 4) is 11.8 Å². The molecular weight excluding hydrogens is 253 g/mol. The summed E-state index contributed by atoms with van der Waals surface area (Å²) in [5.41, 5.74) is 1.12. The van der Waals surface area contributed by atoms with E-state index in [0.717, 1.165) is 0 Å². The van der Waals surface area contributed by atoms with Gasteiger partial charge in [-0.05, 0) is 18.1 Å². The van der Waals surface area contributed by atoms with Crippen molar-refractivity contribution in [2.24, 2.45) is 0 Å². The number of halogens is 2. The molecule has 1 aromatic carbocycles. The van der Waals surface area contributed by atoms with Gasteiger partial charge in [0.05, 0.1) is 5.69 Å². The highest BCUT2D eigenvalue weighted by molar-refractivity contribution is 6.31. The molecule has 2 rings (SSSR count). The molecule has 92 valence electrons. The van der Waals surface area contributed by atoms with Crippen molar-refractivity contribution in [3.63, 3.8) is 0 Å². The normalized spacial score (nSPS) is 10.7. The molecule has 0 aliphatic carbocycles. The first kappa shape index (κ1) is 12.6. The van der Waals surface area contributed by atoms with Crippen molar-refractivity contribution >= 4 is 11.6 Å². The molecule has 0 N–H and O–H groups in total. The number of hydrogen-bond donors (Lipinski definition) is 0. The van der Waals surface area contributed by atoms with Gasteiger partial charge in [0.25, 0.3) is 0 Å². The summed E-state index contributed by atoms with van der Waals surface area (Å²) in [5, 5.41) is 13.5. The molecule has 0 aliphatic rings. The summed E-state index contributed by atoms with van der Waals surface area (Å²) in [6.07, 6.45) is 0. The molecule has 0 unspecified atom stereocenters. The molecule has 0 radical (unpaired) electrons. The van der Waals surface area contributed by atoms with E-state index in [0.29, 0.717) is 11.3 Å². The summed E-state index contributed by atoms with van der Waals surface area (Å²) in [4.78, 5) is 0. The molecule has 18 heavy (non-hydrogen) atoms. The minimum absolute atomic E-state index is 0.0465. The van der Waals surface area contributed by atoms with Crippen LogP contribution in [0.4, 0.5) is 4.39 Å². The minimum Gasteiger partial charge on any atom is -0.218 e. The van der Waals surface area contributed by atoms with Crippen LogP contribution in [0.25, 0.3) is 5.69 Å². The van der Waals surface area contributed by atoms with Gasteiger partial charge in [0.2, 0.25) is 0 Å². The molecule has 3 nitrogen and oxygen atoms in total. The van der Waals surface area contributed by atoms with E-state index in [4.69, 9.17) is 16.9 Å². The van der Waals surface area contributed by atoms with Crippen molar-refractivity contribution < 1.29 is 4.39 Å². The smallest absolute Gasteiger partial charge is 0.151 e. The van der Waals surface area contributed by atoms with Crippen molar-refractivity contribution in [2.45, 2.75) is 19.8 Å². The number of benzene rings is 1. The van der Waals surface area contributed by atoms with E-state index in [1.807, 2.05) is 19.9 Å². The summed E-state index contributed by atoms with van der Waals surface area (Å²) >= 11 is 6.09. The highest BCUT2D eigenvalue weighted by Crippen LogP contribution is 2.28. The highest BCUT2D eigenvalue weighted by atomic mass is 35.5. The van der Waals surface area contributed by atoms with Crippen LogP contribution in [0.3, 0.4) is 0 Å². The van der Waals surface area contributed by atoms with E-state index in [1.54, 1.807) is 18.2 Å². The average molecular weight is 264 g/mol. The zero-order chi connectivity index (χ0) is 13.3. The van der Waals surface area contributed by atoms with Crippen molar-refractivity contribution in [2.75, 3.05) is 0 Å². The molecule has 0 atom stereocenters. The van der Waals surface area contributed by atoms with Gasteiger partial charge in [-0.15, -0.1) is 0 Å². The maximum Gasteiger partial charge on any atom is 0.151 e. The summed E-state index contributed by atoms with van der Waals surface area (Å²) < 4.78 is 15.0. The Labute approximate surface area is 109 Å². The Balaban J connectivity index is 2.68. The van der Waals surface area contributed by atoms with Crippen LogP contribution in [0.1, 0.15) is 31.0 Å². The number of nitriles is 1. The molecule has 2 aromatic rings. The quantitative estimate of drug-likeness (QED) is 0.830. The van der Waals surface area contributed by atoms with E-state index in [1.165, 1.54) is 10.7 Å². The van der Waals surface area contributed by atoms with Gasteiger partial charge >= 0.3 is 0 Å². The van der Waals surface area contributed by atoms with Crippen LogP contribution in [0.5, 0.6) is 0 Å². The Morgan fingerprint density at radius 1 is 1.39 bits per heavy atom. The predicted molar refractivity (Wildman–Crippen MR) is 67.3 cm³/mol. The van der Waals surface area contributed by atoms with Crippen molar-refractivity contribution in [1.82, 2.24) is 9.78 Å². The molecular formula is C13H11ClFN3. The number of hydrogen-bond acceptors (Lipinski definition) is 2. The first-order chi connectivity index (χ1) is 8.56. The molecule has 1 aromatic heterocycles. The number of aromatic nitrogens is 2. The molecule has 0 spiro atoms. The lowest BCUT2D eigenvalue weighted by Gasteiger charge is -2.04. The van der Waals surface area contributed by atoms with Gasteiger partial charge in [0.1, 0.15) is 23.1 Å². The van der Waals surface area contributed by atoms with Gasteiger partial charge in [0.15, 0.2) is 5.15 Å². The second kappa shape index (κ2) is 4.79. The standard InChI is InChI=1S/C13H11ClFN3/c1-8(2)12-9(7-16)13(14)18(17-12)11-6-4-3-5-10(11)15/h3-6,8H,1-2H3. The first-order valence-corrected chi connectivity index (χ1v) is 5.87. The van der Waals surface area contributed by atoms with E-state index < -0.39 is 5.82 Å². The van der Waals surface area contributed by atoms with Crippen LogP contribution in [-0.2, 0) is 0 Å². The Kier molecular flexibility index (Phi) is 3.35. The van der Waals surface area contributed by atoms with Gasteiger partial charge in [0, 0.05) is 0 Å². The third kappa shape index (κ3) is 1.98. The molecule has 1 heterocycles. The van der Waals surface area contributed by atoms with Crippen molar-refractivity contribution in [3.05, 3.63) is 46.5 Å². The van der Waals surface area contributed by atoms with E-state index >= 15 is 0 Å². The van der Waals surface area contributed by atoms with Crippen LogP contribution < -0.4 is 0 Å². The van der Waals surface area contributed by atoms with Crippen LogP contribution in [0.2, 0.25) is 5.15 Å². The van der Waals surface area contributed by atoms with E-state index in [2.05, 4.69) is 5.10 Å². The monoisotopic (exact) mass is 263 g/mol. The lowest BCUT2D eigenvalue weighted by molar-refractivity contribution is 0.608.